The van der Waals surface area contributed by atoms with Crippen molar-refractivity contribution < 1.29 is 4.79 Å². The Labute approximate surface area is 100 Å². The number of carbonyl (C=O) groups excluding carboxylic acids is 1. The highest BCUT2D eigenvalue weighted by Gasteiger charge is 2.33. The highest BCUT2D eigenvalue weighted by molar-refractivity contribution is 5.82. The molecule has 0 spiro atoms. The van der Waals surface area contributed by atoms with Crippen LogP contribution in [0.1, 0.15) is 66.7 Å². The van der Waals surface area contributed by atoms with Crippen molar-refractivity contribution >= 4 is 5.91 Å². The summed E-state index contributed by atoms with van der Waals surface area (Å²) in [6.07, 6.45) is 6.29. The van der Waals surface area contributed by atoms with Gasteiger partial charge in [0, 0.05) is 17.5 Å². The first-order chi connectivity index (χ1) is 7.34. The summed E-state index contributed by atoms with van der Waals surface area (Å²) in [7, 11) is 0. The first-order valence-electron chi connectivity index (χ1n) is 6.67. The number of hydrogen-bond donors (Lipinski definition) is 0. The monoisotopic (exact) mass is 225 g/mol. The molecule has 94 valence electrons. The summed E-state index contributed by atoms with van der Waals surface area (Å²) in [5, 5.41) is 0. The van der Waals surface area contributed by atoms with Gasteiger partial charge >= 0.3 is 0 Å². The van der Waals surface area contributed by atoms with E-state index in [-0.39, 0.29) is 5.41 Å². The van der Waals surface area contributed by atoms with E-state index in [0.717, 1.165) is 0 Å². The molecule has 16 heavy (non-hydrogen) atoms. The molecule has 0 saturated heterocycles. The van der Waals surface area contributed by atoms with Gasteiger partial charge in [-0.1, -0.05) is 40.0 Å². The summed E-state index contributed by atoms with van der Waals surface area (Å²) in [6, 6.07) is 0.815. The van der Waals surface area contributed by atoms with Crippen molar-refractivity contribution in [1.29, 1.82) is 0 Å². The van der Waals surface area contributed by atoms with Crippen molar-refractivity contribution in [2.45, 2.75) is 78.8 Å². The van der Waals surface area contributed by atoms with E-state index >= 15 is 0 Å². The van der Waals surface area contributed by atoms with Gasteiger partial charge in [0.05, 0.1) is 0 Å². The Morgan fingerprint density at radius 1 is 1.12 bits per heavy atom. The van der Waals surface area contributed by atoms with E-state index in [1.807, 2.05) is 20.8 Å². The number of nitrogens with zero attached hydrogens (tertiary/aromatic N) is 1. The van der Waals surface area contributed by atoms with Crippen LogP contribution in [0.5, 0.6) is 0 Å². The summed E-state index contributed by atoms with van der Waals surface area (Å²) in [5.74, 6) is 0.314. The topological polar surface area (TPSA) is 20.3 Å². The highest BCUT2D eigenvalue weighted by Crippen LogP contribution is 2.28. The average Bonchev–Trinajstić information content (AvgIpc) is 2.17. The van der Waals surface area contributed by atoms with Crippen molar-refractivity contribution in [1.82, 2.24) is 4.90 Å². The standard InChI is InChI=1S/C14H27NO/c1-11(2)15(13(16)14(3,4)5)12-9-7-6-8-10-12/h11-12H,6-10H2,1-5H3. The van der Waals surface area contributed by atoms with Crippen molar-refractivity contribution in [3.63, 3.8) is 0 Å². The lowest BCUT2D eigenvalue weighted by Gasteiger charge is -2.40. The van der Waals surface area contributed by atoms with E-state index in [2.05, 4.69) is 18.7 Å². The van der Waals surface area contributed by atoms with Gasteiger partial charge in [0.15, 0.2) is 0 Å². The van der Waals surface area contributed by atoms with Crippen molar-refractivity contribution in [2.24, 2.45) is 5.41 Å². The molecule has 0 aromatic heterocycles. The molecule has 1 fully saturated rings. The first kappa shape index (κ1) is 13.5. The van der Waals surface area contributed by atoms with Crippen LogP contribution in [0, 0.1) is 5.41 Å². The van der Waals surface area contributed by atoms with Crippen LogP contribution in [0.25, 0.3) is 0 Å². The minimum atomic E-state index is -0.248. The van der Waals surface area contributed by atoms with E-state index in [4.69, 9.17) is 0 Å². The summed E-state index contributed by atoms with van der Waals surface area (Å²) in [4.78, 5) is 14.6. The molecule has 2 nitrogen and oxygen atoms in total. The molecule has 0 N–H and O–H groups in total. The second-order valence-corrected chi connectivity index (χ2v) is 6.35. The van der Waals surface area contributed by atoms with E-state index in [1.165, 1.54) is 32.1 Å². The summed E-state index contributed by atoms with van der Waals surface area (Å²) >= 11 is 0. The molecule has 0 bridgehead atoms. The maximum atomic E-state index is 12.4. The fraction of sp³-hybridized carbons (Fsp3) is 0.929. The zero-order chi connectivity index (χ0) is 12.3. The van der Waals surface area contributed by atoms with Crippen LogP contribution in [0.4, 0.5) is 0 Å². The van der Waals surface area contributed by atoms with Gasteiger partial charge in [0.25, 0.3) is 0 Å². The molecule has 0 atom stereocenters. The number of carbonyl (C=O) groups is 1. The molecule has 1 aliphatic rings. The van der Waals surface area contributed by atoms with Crippen LogP contribution < -0.4 is 0 Å². The summed E-state index contributed by atoms with van der Waals surface area (Å²) < 4.78 is 0. The predicted octanol–water partition coefficient (Wildman–Crippen LogP) is 3.60. The highest BCUT2D eigenvalue weighted by atomic mass is 16.2. The zero-order valence-corrected chi connectivity index (χ0v) is 11.5. The second-order valence-electron chi connectivity index (χ2n) is 6.35. The normalized spacial score (nSPS) is 18.9. The third-order valence-corrected chi connectivity index (χ3v) is 3.40. The molecule has 1 amide bonds. The molecule has 0 aromatic carbocycles. The van der Waals surface area contributed by atoms with Crippen molar-refractivity contribution in [3.8, 4) is 0 Å². The van der Waals surface area contributed by atoms with Gasteiger partial charge in [-0.25, -0.2) is 0 Å². The quantitative estimate of drug-likeness (QED) is 0.703. The third-order valence-electron chi connectivity index (χ3n) is 3.40. The summed E-state index contributed by atoms with van der Waals surface area (Å²) in [6.45, 7) is 10.3. The largest absolute Gasteiger partial charge is 0.337 e. The molecule has 0 aromatic rings. The van der Waals surface area contributed by atoms with Gasteiger partial charge in [0.2, 0.25) is 5.91 Å². The maximum Gasteiger partial charge on any atom is 0.228 e. The van der Waals surface area contributed by atoms with Crippen molar-refractivity contribution in [2.75, 3.05) is 0 Å². The Morgan fingerprint density at radius 2 is 1.62 bits per heavy atom. The second kappa shape index (κ2) is 5.20. The number of hydrogen-bond acceptors (Lipinski definition) is 1. The van der Waals surface area contributed by atoms with Crippen LogP contribution in [-0.4, -0.2) is 22.9 Å². The third kappa shape index (κ3) is 3.23. The van der Waals surface area contributed by atoms with E-state index in [1.54, 1.807) is 0 Å². The molecule has 1 rings (SSSR count). The Balaban J connectivity index is 2.77. The lowest BCUT2D eigenvalue weighted by Crippen LogP contribution is -2.50. The van der Waals surface area contributed by atoms with Crippen LogP contribution in [0.3, 0.4) is 0 Å². The molecule has 0 heterocycles. The van der Waals surface area contributed by atoms with Crippen LogP contribution in [0.2, 0.25) is 0 Å². The van der Waals surface area contributed by atoms with Crippen LogP contribution in [-0.2, 0) is 4.79 Å². The SMILES string of the molecule is CC(C)N(C(=O)C(C)(C)C)C1CCCCC1. The Bertz CT molecular complexity index is 234. The molecule has 1 saturated carbocycles. The van der Waals surface area contributed by atoms with Gasteiger partial charge in [-0.3, -0.25) is 4.79 Å². The van der Waals surface area contributed by atoms with Crippen LogP contribution in [0.15, 0.2) is 0 Å². The van der Waals surface area contributed by atoms with Gasteiger partial charge in [-0.05, 0) is 26.7 Å². The molecular weight excluding hydrogens is 198 g/mol. The van der Waals surface area contributed by atoms with Crippen LogP contribution >= 0.6 is 0 Å². The van der Waals surface area contributed by atoms with E-state index in [9.17, 15) is 4.79 Å². The molecule has 0 aliphatic heterocycles. The fourth-order valence-electron chi connectivity index (χ4n) is 2.57. The Kier molecular flexibility index (Phi) is 4.40. The number of rotatable bonds is 2. The first-order valence-corrected chi connectivity index (χ1v) is 6.67. The average molecular weight is 225 g/mol. The molecule has 0 unspecified atom stereocenters. The number of amides is 1. The molecule has 2 heteroatoms. The predicted molar refractivity (Wildman–Crippen MR) is 68.3 cm³/mol. The maximum absolute atomic E-state index is 12.4. The molecule has 0 radical (unpaired) electrons. The molecular formula is C14H27NO. The lowest BCUT2D eigenvalue weighted by molar-refractivity contribution is -0.144. The van der Waals surface area contributed by atoms with E-state index < -0.39 is 0 Å². The zero-order valence-electron chi connectivity index (χ0n) is 11.5. The minimum Gasteiger partial charge on any atom is -0.337 e. The molecule has 1 aliphatic carbocycles. The van der Waals surface area contributed by atoms with Gasteiger partial charge in [0.1, 0.15) is 0 Å². The Hall–Kier alpha value is -0.530. The van der Waals surface area contributed by atoms with E-state index in [0.29, 0.717) is 18.0 Å². The Morgan fingerprint density at radius 3 is 2.00 bits per heavy atom. The van der Waals surface area contributed by atoms with Gasteiger partial charge < -0.3 is 4.90 Å². The van der Waals surface area contributed by atoms with Gasteiger partial charge in [-0.2, -0.15) is 0 Å². The summed E-state index contributed by atoms with van der Waals surface area (Å²) in [5.41, 5.74) is -0.248. The van der Waals surface area contributed by atoms with Gasteiger partial charge in [-0.15, -0.1) is 0 Å². The fourth-order valence-corrected chi connectivity index (χ4v) is 2.57. The smallest absolute Gasteiger partial charge is 0.228 e. The van der Waals surface area contributed by atoms with Crippen molar-refractivity contribution in [3.05, 3.63) is 0 Å². The lowest BCUT2D eigenvalue weighted by atomic mass is 9.88. The minimum absolute atomic E-state index is 0.248.